The van der Waals surface area contributed by atoms with Crippen molar-refractivity contribution in [1.82, 2.24) is 0 Å². The van der Waals surface area contributed by atoms with E-state index < -0.39 is 5.97 Å². The molecule has 0 aromatic carbocycles. The van der Waals surface area contributed by atoms with E-state index in [0.717, 1.165) is 6.92 Å². The lowest BCUT2D eigenvalue weighted by atomic mass is 10.1. The summed E-state index contributed by atoms with van der Waals surface area (Å²) in [7, 11) is 4.85. The average molecular weight is 359 g/mol. The van der Waals surface area contributed by atoms with Crippen LogP contribution in [0.1, 0.15) is 111 Å². The van der Waals surface area contributed by atoms with Gasteiger partial charge in [0.15, 0.2) is 0 Å². The number of hydrogen-bond acceptors (Lipinski definition) is 1. The number of carboxylic acids is 1. The molecule has 3 heteroatoms. The molecule has 0 rings (SSSR count). The third-order valence-corrected chi connectivity index (χ3v) is 4.73. The van der Waals surface area contributed by atoms with Gasteiger partial charge in [0.2, 0.25) is 0 Å². The summed E-state index contributed by atoms with van der Waals surface area (Å²) >= 11 is 0. The molecule has 1 N–H and O–H groups in total. The number of unbranched alkanes of at least 4 members (excludes halogenated alkanes) is 12. The third kappa shape index (κ3) is 28.5. The van der Waals surface area contributed by atoms with Gasteiger partial charge in [-0.15, -0.1) is 0 Å². The summed E-state index contributed by atoms with van der Waals surface area (Å²) in [6.07, 6.45) is 20.1. The second-order valence-corrected chi connectivity index (χ2v) is 8.14. The lowest BCUT2D eigenvalue weighted by Gasteiger charge is -2.30. The number of nitrogens with zero attached hydrogens (tertiary/aromatic N) is 1. The van der Waals surface area contributed by atoms with Crippen LogP contribution in [0.25, 0.3) is 0 Å². The summed E-state index contributed by atoms with van der Waals surface area (Å²) in [6.45, 7) is 8.43. The highest BCUT2D eigenvalue weighted by atomic mass is 16.4. The maximum atomic E-state index is 9.00. The molecular formula is C22H48NO2+. The summed E-state index contributed by atoms with van der Waals surface area (Å²) in [6, 6.07) is 0. The molecule has 0 bridgehead atoms. The van der Waals surface area contributed by atoms with Gasteiger partial charge in [-0.2, -0.15) is 0 Å². The zero-order valence-corrected chi connectivity index (χ0v) is 18.1. The third-order valence-electron chi connectivity index (χ3n) is 4.73. The number of carbonyl (C=O) groups is 1. The monoisotopic (exact) mass is 358 g/mol. The maximum absolute atomic E-state index is 9.00. The second kappa shape index (κ2) is 19.8. The summed E-state index contributed by atoms with van der Waals surface area (Å²) in [5, 5.41) is 7.42. The maximum Gasteiger partial charge on any atom is 0.300 e. The van der Waals surface area contributed by atoms with Crippen LogP contribution >= 0.6 is 0 Å². The van der Waals surface area contributed by atoms with Crippen LogP contribution in [0.15, 0.2) is 0 Å². The summed E-state index contributed by atoms with van der Waals surface area (Å²) < 4.78 is 1.24. The zero-order chi connectivity index (χ0) is 19.4. The first-order valence-corrected chi connectivity index (χ1v) is 10.9. The van der Waals surface area contributed by atoms with Gasteiger partial charge >= 0.3 is 0 Å². The molecular weight excluding hydrogens is 310 g/mol. The molecule has 0 saturated heterocycles. The number of quaternary nitrogens is 1. The number of carboxylic acid groups (broad SMARTS) is 1. The van der Waals surface area contributed by atoms with Crippen molar-refractivity contribution < 1.29 is 14.4 Å². The standard InChI is InChI=1S/C20H44N.C2H4O2/c1-5-7-9-11-13-14-16-18-20-21(3,4)19-17-15-12-10-8-6-2;1-2(3)4/h5-20H2,1-4H3;1H3,(H,3,4)/q+1;. The highest BCUT2D eigenvalue weighted by Crippen LogP contribution is 2.12. The van der Waals surface area contributed by atoms with E-state index in [0.29, 0.717) is 0 Å². The molecule has 0 spiro atoms. The molecule has 0 aromatic rings. The Kier molecular flexibility index (Phi) is 21.1. The Labute approximate surface area is 158 Å². The molecule has 0 amide bonds. The highest BCUT2D eigenvalue weighted by molar-refractivity contribution is 5.62. The smallest absolute Gasteiger partial charge is 0.300 e. The van der Waals surface area contributed by atoms with Crippen LogP contribution in [0.4, 0.5) is 0 Å². The van der Waals surface area contributed by atoms with E-state index in [4.69, 9.17) is 9.90 Å². The number of hydrogen-bond donors (Lipinski definition) is 1. The number of aliphatic carboxylic acids is 1. The van der Waals surface area contributed by atoms with Gasteiger partial charge in [0, 0.05) is 6.92 Å². The SMILES string of the molecule is CC(=O)O.CCCCCCCCCC[N+](C)(C)CCCCCCCC. The zero-order valence-electron chi connectivity index (χ0n) is 18.1. The molecule has 0 radical (unpaired) electrons. The first-order valence-electron chi connectivity index (χ1n) is 10.9. The molecule has 0 heterocycles. The minimum Gasteiger partial charge on any atom is -0.481 e. The Balaban J connectivity index is 0. The molecule has 0 atom stereocenters. The predicted octanol–water partition coefficient (Wildman–Crippen LogP) is 6.65. The second-order valence-electron chi connectivity index (χ2n) is 8.14. The van der Waals surface area contributed by atoms with Crippen molar-refractivity contribution in [2.24, 2.45) is 0 Å². The van der Waals surface area contributed by atoms with Crippen LogP contribution in [0, 0.1) is 0 Å². The van der Waals surface area contributed by atoms with Crippen molar-refractivity contribution in [1.29, 1.82) is 0 Å². The molecule has 25 heavy (non-hydrogen) atoms. The fraction of sp³-hybridized carbons (Fsp3) is 0.955. The van der Waals surface area contributed by atoms with Crippen molar-refractivity contribution in [3.8, 4) is 0 Å². The Morgan fingerprint density at radius 1 is 0.640 bits per heavy atom. The molecule has 0 unspecified atom stereocenters. The Morgan fingerprint density at radius 2 is 0.880 bits per heavy atom. The molecule has 3 nitrogen and oxygen atoms in total. The minimum absolute atomic E-state index is 0.833. The molecule has 0 aromatic heterocycles. The molecule has 0 fully saturated rings. The van der Waals surface area contributed by atoms with E-state index in [1.165, 1.54) is 107 Å². The van der Waals surface area contributed by atoms with Crippen LogP contribution in [0.2, 0.25) is 0 Å². The normalized spacial score (nSPS) is 11.1. The minimum atomic E-state index is -0.833. The van der Waals surface area contributed by atoms with Gasteiger partial charge in [0.1, 0.15) is 0 Å². The van der Waals surface area contributed by atoms with Crippen molar-refractivity contribution in [2.45, 2.75) is 111 Å². The fourth-order valence-electron chi connectivity index (χ4n) is 3.11. The van der Waals surface area contributed by atoms with Crippen molar-refractivity contribution in [3.05, 3.63) is 0 Å². The van der Waals surface area contributed by atoms with Crippen LogP contribution in [0.3, 0.4) is 0 Å². The van der Waals surface area contributed by atoms with E-state index in [1.807, 2.05) is 0 Å². The fourth-order valence-corrected chi connectivity index (χ4v) is 3.11. The van der Waals surface area contributed by atoms with Gasteiger partial charge in [0.05, 0.1) is 27.2 Å². The van der Waals surface area contributed by atoms with E-state index in [1.54, 1.807) is 0 Å². The van der Waals surface area contributed by atoms with Crippen molar-refractivity contribution in [3.63, 3.8) is 0 Å². The summed E-state index contributed by atoms with van der Waals surface area (Å²) in [4.78, 5) is 9.00. The first-order chi connectivity index (χ1) is 11.9. The van der Waals surface area contributed by atoms with E-state index in [-0.39, 0.29) is 0 Å². The van der Waals surface area contributed by atoms with Gasteiger partial charge < -0.3 is 9.59 Å². The van der Waals surface area contributed by atoms with Gasteiger partial charge in [-0.25, -0.2) is 0 Å². The summed E-state index contributed by atoms with van der Waals surface area (Å²) in [5.74, 6) is -0.833. The Morgan fingerprint density at radius 3 is 1.16 bits per heavy atom. The van der Waals surface area contributed by atoms with E-state index in [9.17, 15) is 0 Å². The highest BCUT2D eigenvalue weighted by Gasteiger charge is 2.13. The first kappa shape index (κ1) is 26.7. The van der Waals surface area contributed by atoms with Crippen LogP contribution in [-0.4, -0.2) is 42.7 Å². The van der Waals surface area contributed by atoms with E-state index >= 15 is 0 Å². The van der Waals surface area contributed by atoms with Gasteiger partial charge in [-0.3, -0.25) is 4.79 Å². The van der Waals surface area contributed by atoms with Crippen molar-refractivity contribution in [2.75, 3.05) is 27.2 Å². The Bertz CT molecular complexity index is 273. The van der Waals surface area contributed by atoms with Crippen LogP contribution < -0.4 is 0 Å². The molecule has 0 aliphatic carbocycles. The van der Waals surface area contributed by atoms with E-state index in [2.05, 4.69) is 27.9 Å². The quantitative estimate of drug-likeness (QED) is 0.247. The summed E-state index contributed by atoms with van der Waals surface area (Å²) in [5.41, 5.74) is 0. The van der Waals surface area contributed by atoms with Gasteiger partial charge in [0.25, 0.3) is 5.97 Å². The lowest BCUT2D eigenvalue weighted by Crippen LogP contribution is -2.41. The van der Waals surface area contributed by atoms with Crippen LogP contribution in [-0.2, 0) is 4.79 Å². The number of rotatable bonds is 16. The van der Waals surface area contributed by atoms with Gasteiger partial charge in [-0.05, 0) is 25.7 Å². The Hall–Kier alpha value is -0.570. The molecule has 152 valence electrons. The van der Waals surface area contributed by atoms with Crippen molar-refractivity contribution >= 4 is 5.97 Å². The lowest BCUT2D eigenvalue weighted by molar-refractivity contribution is -0.890. The molecule has 0 saturated carbocycles. The largest absolute Gasteiger partial charge is 0.481 e. The molecule has 0 aliphatic heterocycles. The van der Waals surface area contributed by atoms with Crippen LogP contribution in [0.5, 0.6) is 0 Å². The average Bonchev–Trinajstić information content (AvgIpc) is 2.53. The predicted molar refractivity (Wildman–Crippen MR) is 111 cm³/mol. The topological polar surface area (TPSA) is 37.3 Å². The molecule has 0 aliphatic rings. The van der Waals surface area contributed by atoms with Gasteiger partial charge in [-0.1, -0.05) is 78.1 Å².